The minimum atomic E-state index is -1.22. The van der Waals surface area contributed by atoms with E-state index in [4.69, 9.17) is 19.2 Å². The molecule has 2 heterocycles. The summed E-state index contributed by atoms with van der Waals surface area (Å²) in [4.78, 5) is 35.3. The Morgan fingerprint density at radius 3 is 2.83 bits per heavy atom. The highest BCUT2D eigenvalue weighted by molar-refractivity contribution is 4.93. The number of nitrogens with one attached hydrogen (secondary N) is 1. The van der Waals surface area contributed by atoms with Crippen molar-refractivity contribution < 1.29 is 29.5 Å². The number of aliphatic hydroxyl groups excluding tert-OH is 2. The quantitative estimate of drug-likeness (QED) is 0.391. The normalized spacial score (nSPS) is 28.9. The van der Waals surface area contributed by atoms with Crippen LogP contribution in [0.4, 0.5) is 0 Å². The fourth-order valence-electron chi connectivity index (χ4n) is 2.11. The Bertz CT molecular complexity index is 614. The number of methoxy groups -OCH3 is 1. The molecule has 1 aliphatic heterocycles. The van der Waals surface area contributed by atoms with E-state index in [2.05, 4.69) is 4.98 Å². The fourth-order valence-corrected chi connectivity index (χ4v) is 2.11. The standard InChI is InChI=1S/C13H20N2O8/c1-7(20-2)6-21-23-11-10(18)8(5-16)22-12(11)15-4-3-9(17)14-13(15)19/h3-4,7-8,10-12,16,18H,5-6H2,1-2H3,(H,14,17,19)/t7?,8-,10?,11?,12-/m0/s1. The molecule has 10 nitrogen and oxygen atoms in total. The van der Waals surface area contributed by atoms with Gasteiger partial charge in [0.2, 0.25) is 0 Å². The van der Waals surface area contributed by atoms with Crippen molar-refractivity contribution in [3.63, 3.8) is 0 Å². The maximum Gasteiger partial charge on any atom is 0.330 e. The number of hydrogen-bond acceptors (Lipinski definition) is 8. The maximum absolute atomic E-state index is 11.9. The summed E-state index contributed by atoms with van der Waals surface area (Å²) in [6.07, 6.45) is -3.33. The Morgan fingerprint density at radius 1 is 1.48 bits per heavy atom. The molecule has 1 saturated heterocycles. The number of rotatable bonds is 7. The summed E-state index contributed by atoms with van der Waals surface area (Å²) in [7, 11) is 1.51. The average Bonchev–Trinajstić information content (AvgIpc) is 2.83. The molecule has 0 aromatic carbocycles. The first-order valence-electron chi connectivity index (χ1n) is 7.04. The molecular weight excluding hydrogens is 312 g/mol. The second-order valence-electron chi connectivity index (χ2n) is 5.15. The number of aromatic amines is 1. The summed E-state index contributed by atoms with van der Waals surface area (Å²) >= 11 is 0. The van der Waals surface area contributed by atoms with Crippen LogP contribution in [0.2, 0.25) is 0 Å². The zero-order valence-electron chi connectivity index (χ0n) is 12.7. The molecule has 0 bridgehead atoms. The maximum atomic E-state index is 11.9. The van der Waals surface area contributed by atoms with E-state index >= 15 is 0 Å². The largest absolute Gasteiger partial charge is 0.394 e. The van der Waals surface area contributed by atoms with E-state index in [9.17, 15) is 19.8 Å². The Balaban J connectivity index is 2.17. The van der Waals surface area contributed by atoms with Crippen molar-refractivity contribution in [3.05, 3.63) is 33.1 Å². The number of nitrogens with zero attached hydrogens (tertiary/aromatic N) is 1. The molecule has 1 aromatic rings. The van der Waals surface area contributed by atoms with Gasteiger partial charge in [0.15, 0.2) is 12.3 Å². The number of ether oxygens (including phenoxy) is 2. The molecular formula is C13H20N2O8. The first-order valence-corrected chi connectivity index (χ1v) is 7.04. The highest BCUT2D eigenvalue weighted by atomic mass is 17.2. The molecule has 0 aliphatic carbocycles. The summed E-state index contributed by atoms with van der Waals surface area (Å²) in [6.45, 7) is 1.38. The fraction of sp³-hybridized carbons (Fsp3) is 0.692. The van der Waals surface area contributed by atoms with Gasteiger partial charge >= 0.3 is 5.69 Å². The third-order valence-electron chi connectivity index (χ3n) is 3.50. The van der Waals surface area contributed by atoms with Gasteiger partial charge in [-0.1, -0.05) is 0 Å². The average molecular weight is 332 g/mol. The highest BCUT2D eigenvalue weighted by Crippen LogP contribution is 2.30. The van der Waals surface area contributed by atoms with Crippen molar-refractivity contribution in [2.24, 2.45) is 0 Å². The molecule has 1 aliphatic rings. The summed E-state index contributed by atoms with van der Waals surface area (Å²) in [5, 5.41) is 19.4. The van der Waals surface area contributed by atoms with E-state index in [0.717, 1.165) is 10.6 Å². The zero-order chi connectivity index (χ0) is 17.0. The number of H-pyrrole nitrogens is 1. The predicted octanol–water partition coefficient (Wildman–Crippen LogP) is -1.86. The molecule has 0 radical (unpaired) electrons. The van der Waals surface area contributed by atoms with Crippen molar-refractivity contribution in [2.75, 3.05) is 20.3 Å². The van der Waals surface area contributed by atoms with Crippen molar-refractivity contribution in [2.45, 2.75) is 37.6 Å². The number of aliphatic hydroxyl groups is 2. The van der Waals surface area contributed by atoms with Crippen LogP contribution in [0.3, 0.4) is 0 Å². The van der Waals surface area contributed by atoms with Gasteiger partial charge in [-0.3, -0.25) is 14.3 Å². The first kappa shape index (κ1) is 17.8. The lowest BCUT2D eigenvalue weighted by molar-refractivity contribution is -0.352. The molecule has 3 unspecified atom stereocenters. The number of hydrogen-bond donors (Lipinski definition) is 3. The minimum absolute atomic E-state index is 0.0940. The Hall–Kier alpha value is -1.56. The van der Waals surface area contributed by atoms with Gasteiger partial charge in [0.25, 0.3) is 5.56 Å². The van der Waals surface area contributed by atoms with Crippen LogP contribution in [-0.4, -0.2) is 64.5 Å². The Kier molecular flexibility index (Phi) is 6.04. The van der Waals surface area contributed by atoms with Crippen LogP contribution < -0.4 is 11.2 Å². The van der Waals surface area contributed by atoms with Crippen LogP contribution in [0.25, 0.3) is 0 Å². The van der Waals surface area contributed by atoms with E-state index in [1.165, 1.54) is 13.3 Å². The van der Waals surface area contributed by atoms with Crippen LogP contribution in [-0.2, 0) is 19.2 Å². The van der Waals surface area contributed by atoms with E-state index < -0.39 is 42.4 Å². The zero-order valence-corrected chi connectivity index (χ0v) is 12.7. The molecule has 10 heteroatoms. The van der Waals surface area contributed by atoms with Crippen LogP contribution >= 0.6 is 0 Å². The minimum Gasteiger partial charge on any atom is -0.394 e. The van der Waals surface area contributed by atoms with Gasteiger partial charge in [0.1, 0.15) is 18.8 Å². The van der Waals surface area contributed by atoms with E-state index in [1.54, 1.807) is 6.92 Å². The molecule has 0 spiro atoms. The van der Waals surface area contributed by atoms with Crippen molar-refractivity contribution in [1.29, 1.82) is 0 Å². The van der Waals surface area contributed by atoms with Gasteiger partial charge in [-0.25, -0.2) is 14.6 Å². The third kappa shape index (κ3) is 4.05. The van der Waals surface area contributed by atoms with Crippen LogP contribution in [0.5, 0.6) is 0 Å². The predicted molar refractivity (Wildman–Crippen MR) is 75.6 cm³/mol. The topological polar surface area (TPSA) is 132 Å². The monoisotopic (exact) mass is 332 g/mol. The van der Waals surface area contributed by atoms with Crippen molar-refractivity contribution >= 4 is 0 Å². The SMILES string of the molecule is COC(C)COOC1C(O)[C@H](CO)O[C@@H]1n1ccc(=O)[nH]c1=O. The molecule has 0 amide bonds. The van der Waals surface area contributed by atoms with Crippen LogP contribution in [0.15, 0.2) is 21.9 Å². The van der Waals surface area contributed by atoms with E-state index in [1.807, 2.05) is 0 Å². The van der Waals surface area contributed by atoms with Crippen LogP contribution in [0.1, 0.15) is 13.2 Å². The summed E-state index contributed by atoms with van der Waals surface area (Å²) in [5.41, 5.74) is -1.29. The molecule has 23 heavy (non-hydrogen) atoms. The lowest BCUT2D eigenvalue weighted by Crippen LogP contribution is -2.39. The summed E-state index contributed by atoms with van der Waals surface area (Å²) < 4.78 is 11.5. The first-order chi connectivity index (χ1) is 11.0. The lowest BCUT2D eigenvalue weighted by atomic mass is 10.1. The molecule has 2 rings (SSSR count). The second kappa shape index (κ2) is 7.81. The van der Waals surface area contributed by atoms with Crippen molar-refractivity contribution in [1.82, 2.24) is 9.55 Å². The molecule has 5 atom stereocenters. The Morgan fingerprint density at radius 2 is 2.22 bits per heavy atom. The smallest absolute Gasteiger partial charge is 0.330 e. The van der Waals surface area contributed by atoms with Crippen molar-refractivity contribution in [3.8, 4) is 0 Å². The van der Waals surface area contributed by atoms with Gasteiger partial charge < -0.3 is 19.7 Å². The summed E-state index contributed by atoms with van der Waals surface area (Å²) in [5.74, 6) is 0. The number of aromatic nitrogens is 2. The van der Waals surface area contributed by atoms with Gasteiger partial charge in [-0.2, -0.15) is 0 Å². The van der Waals surface area contributed by atoms with Gasteiger partial charge in [-0.15, -0.1) is 0 Å². The molecule has 1 aromatic heterocycles. The highest BCUT2D eigenvalue weighted by Gasteiger charge is 2.46. The van der Waals surface area contributed by atoms with Gasteiger partial charge in [0, 0.05) is 19.4 Å². The molecule has 1 fully saturated rings. The molecule has 3 N–H and O–H groups in total. The Labute approximate surface area is 131 Å². The third-order valence-corrected chi connectivity index (χ3v) is 3.50. The molecule has 0 saturated carbocycles. The van der Waals surface area contributed by atoms with E-state index in [0.29, 0.717) is 0 Å². The lowest BCUT2D eigenvalue weighted by Gasteiger charge is -2.21. The van der Waals surface area contributed by atoms with Gasteiger partial charge in [0.05, 0.1) is 12.7 Å². The second-order valence-corrected chi connectivity index (χ2v) is 5.15. The van der Waals surface area contributed by atoms with E-state index in [-0.39, 0.29) is 12.7 Å². The van der Waals surface area contributed by atoms with Crippen LogP contribution in [0, 0.1) is 0 Å². The molecule has 130 valence electrons. The summed E-state index contributed by atoms with van der Waals surface area (Å²) in [6, 6.07) is 1.13. The van der Waals surface area contributed by atoms with Gasteiger partial charge in [-0.05, 0) is 6.92 Å².